The number of aromatic nitrogens is 3. The molecule has 1 aliphatic heterocycles. The average molecular weight is 439 g/mol. The minimum Gasteiger partial charge on any atom is -0.493 e. The summed E-state index contributed by atoms with van der Waals surface area (Å²) >= 11 is 1.46. The summed E-state index contributed by atoms with van der Waals surface area (Å²) in [5, 5.41) is 9.12. The van der Waals surface area contributed by atoms with E-state index in [2.05, 4.69) is 15.2 Å². The zero-order valence-corrected chi connectivity index (χ0v) is 18.5. The Hall–Kier alpha value is -3.33. The normalized spacial score (nSPS) is 14.7. The van der Waals surface area contributed by atoms with Crippen LogP contribution in [0.4, 0.5) is 5.69 Å². The molecule has 2 aromatic carbocycles. The van der Waals surface area contributed by atoms with Crippen molar-refractivity contribution in [1.82, 2.24) is 15.2 Å². The molecule has 0 aliphatic carbocycles. The number of para-hydroxylation sites is 2. The van der Waals surface area contributed by atoms with Crippen molar-refractivity contribution < 1.29 is 19.0 Å². The van der Waals surface area contributed by atoms with Crippen molar-refractivity contribution in [3.63, 3.8) is 0 Å². The van der Waals surface area contributed by atoms with Crippen molar-refractivity contribution in [3.05, 3.63) is 48.0 Å². The maximum absolute atomic E-state index is 12.9. The second-order valence-corrected chi connectivity index (χ2v) is 7.87. The Kier molecular flexibility index (Phi) is 5.94. The van der Waals surface area contributed by atoms with E-state index in [0.717, 1.165) is 5.75 Å². The lowest BCUT2D eigenvalue weighted by molar-refractivity contribution is -0.118. The number of carbonyl (C=O) groups excluding carboxylic acids is 1. The van der Waals surface area contributed by atoms with E-state index in [9.17, 15) is 4.79 Å². The molecule has 0 saturated heterocycles. The number of hydrogen-bond donors (Lipinski definition) is 0. The van der Waals surface area contributed by atoms with Crippen molar-refractivity contribution in [3.8, 4) is 28.6 Å². The molecule has 0 spiro atoms. The molecule has 9 heteroatoms. The number of anilines is 1. The minimum absolute atomic E-state index is 0.203. The maximum Gasteiger partial charge on any atom is 0.247 e. The van der Waals surface area contributed by atoms with Gasteiger partial charge in [-0.2, -0.15) is 4.98 Å². The minimum atomic E-state index is -0.846. The van der Waals surface area contributed by atoms with Crippen LogP contribution in [0, 0.1) is 0 Å². The van der Waals surface area contributed by atoms with Gasteiger partial charge in [0.1, 0.15) is 0 Å². The van der Waals surface area contributed by atoms with Gasteiger partial charge in [-0.1, -0.05) is 43.0 Å². The summed E-state index contributed by atoms with van der Waals surface area (Å²) in [5.74, 6) is 1.91. The topological polar surface area (TPSA) is 86.7 Å². The lowest BCUT2D eigenvalue weighted by Gasteiger charge is -2.31. The molecule has 0 saturated carbocycles. The van der Waals surface area contributed by atoms with Crippen LogP contribution in [0.2, 0.25) is 0 Å². The molecule has 1 atom stereocenters. The summed E-state index contributed by atoms with van der Waals surface area (Å²) in [6.45, 7) is 3.50. The van der Waals surface area contributed by atoms with E-state index in [1.807, 2.05) is 43.3 Å². The second kappa shape index (κ2) is 8.81. The van der Waals surface area contributed by atoms with Crippen molar-refractivity contribution >= 4 is 23.4 Å². The lowest BCUT2D eigenvalue weighted by Crippen LogP contribution is -2.36. The molecule has 0 fully saturated rings. The van der Waals surface area contributed by atoms with Gasteiger partial charge in [0.15, 0.2) is 17.2 Å². The van der Waals surface area contributed by atoms with Crippen LogP contribution < -0.4 is 19.1 Å². The van der Waals surface area contributed by atoms with E-state index in [1.165, 1.54) is 18.7 Å². The largest absolute Gasteiger partial charge is 0.493 e. The van der Waals surface area contributed by atoms with Crippen molar-refractivity contribution in [2.45, 2.75) is 25.2 Å². The van der Waals surface area contributed by atoms with Gasteiger partial charge in [-0.25, -0.2) is 0 Å². The van der Waals surface area contributed by atoms with Crippen molar-refractivity contribution in [2.75, 3.05) is 24.9 Å². The summed E-state index contributed by atoms with van der Waals surface area (Å²) in [6, 6.07) is 12.9. The Bertz CT molecular complexity index is 1120. The number of fused-ring (bicyclic) bond motifs is 3. The summed E-state index contributed by atoms with van der Waals surface area (Å²) < 4.78 is 17.5. The zero-order valence-electron chi connectivity index (χ0n) is 17.7. The van der Waals surface area contributed by atoms with Gasteiger partial charge in [0.25, 0.3) is 0 Å². The Labute approximate surface area is 184 Å². The highest BCUT2D eigenvalue weighted by Gasteiger charge is 2.36. The molecule has 1 amide bonds. The van der Waals surface area contributed by atoms with E-state index in [0.29, 0.717) is 45.0 Å². The Balaban J connectivity index is 1.98. The fourth-order valence-electron chi connectivity index (χ4n) is 3.55. The first-order valence-electron chi connectivity index (χ1n) is 9.73. The maximum atomic E-state index is 12.9. The molecule has 160 valence electrons. The van der Waals surface area contributed by atoms with Crippen LogP contribution in [0.15, 0.2) is 47.6 Å². The summed E-state index contributed by atoms with van der Waals surface area (Å²) in [7, 11) is 3.12. The van der Waals surface area contributed by atoms with Gasteiger partial charge in [0.05, 0.1) is 25.5 Å². The molecule has 0 radical (unpaired) electrons. The third kappa shape index (κ3) is 3.76. The first-order valence-corrected chi connectivity index (χ1v) is 10.7. The molecule has 3 aromatic rings. The fraction of sp³-hybridized carbons (Fsp3) is 0.273. The van der Waals surface area contributed by atoms with Crippen LogP contribution in [0.5, 0.6) is 17.4 Å². The highest BCUT2D eigenvalue weighted by molar-refractivity contribution is 7.99. The lowest BCUT2D eigenvalue weighted by atomic mass is 10.1. The number of methoxy groups -OCH3 is 2. The zero-order chi connectivity index (χ0) is 22.0. The smallest absolute Gasteiger partial charge is 0.247 e. The van der Waals surface area contributed by atoms with Crippen molar-refractivity contribution in [2.24, 2.45) is 0 Å². The summed E-state index contributed by atoms with van der Waals surface area (Å²) in [5.41, 5.74) is 2.47. The molecule has 4 rings (SSSR count). The third-order valence-corrected chi connectivity index (χ3v) is 5.54. The molecule has 8 nitrogen and oxygen atoms in total. The third-order valence-electron chi connectivity index (χ3n) is 4.82. The van der Waals surface area contributed by atoms with E-state index in [1.54, 1.807) is 25.2 Å². The fourth-order valence-corrected chi connectivity index (χ4v) is 4.06. The predicted octanol–water partition coefficient (Wildman–Crippen LogP) is 4.11. The van der Waals surface area contributed by atoms with E-state index in [-0.39, 0.29) is 5.91 Å². The van der Waals surface area contributed by atoms with E-state index < -0.39 is 6.23 Å². The van der Waals surface area contributed by atoms with Gasteiger partial charge in [0, 0.05) is 12.5 Å². The van der Waals surface area contributed by atoms with Gasteiger partial charge >= 0.3 is 0 Å². The Morgan fingerprint density at radius 1 is 1.13 bits per heavy atom. The van der Waals surface area contributed by atoms with Crippen LogP contribution in [0.3, 0.4) is 0 Å². The molecule has 0 N–H and O–H groups in total. The number of rotatable bonds is 5. The van der Waals surface area contributed by atoms with Crippen molar-refractivity contribution in [1.29, 1.82) is 0 Å². The average Bonchev–Trinajstić information content (AvgIpc) is 2.93. The number of thioether (sulfide) groups is 1. The Morgan fingerprint density at radius 2 is 1.94 bits per heavy atom. The molecular weight excluding hydrogens is 416 g/mol. The van der Waals surface area contributed by atoms with E-state index >= 15 is 0 Å². The van der Waals surface area contributed by atoms with Crippen LogP contribution >= 0.6 is 11.8 Å². The number of amides is 1. The molecule has 1 aromatic heterocycles. The molecule has 0 unspecified atom stereocenters. The monoisotopic (exact) mass is 438 g/mol. The first kappa shape index (κ1) is 20.9. The van der Waals surface area contributed by atoms with Gasteiger partial charge in [-0.15, -0.1) is 10.2 Å². The van der Waals surface area contributed by atoms with Crippen LogP contribution in [-0.4, -0.2) is 41.1 Å². The number of ether oxygens (including phenoxy) is 3. The number of nitrogens with zero attached hydrogens (tertiary/aromatic N) is 4. The quantitative estimate of drug-likeness (QED) is 0.550. The predicted molar refractivity (Wildman–Crippen MR) is 118 cm³/mol. The SMILES string of the molecule is CCSc1nnc2c(n1)O[C@H](c1cccc(OC)c1OC)N(C(C)=O)c1ccccc1-2. The standard InChI is InChI=1S/C22H22N4O4S/c1-5-31-22-23-20-18(24-25-22)14-9-6-7-11-16(14)26(13(2)27)21(30-20)15-10-8-12-17(28-3)19(15)29-4/h6-12,21H,5H2,1-4H3/t21-/m1/s1. The molecule has 0 bridgehead atoms. The molecular formula is C22H22N4O4S. The van der Waals surface area contributed by atoms with Gasteiger partial charge in [0.2, 0.25) is 23.2 Å². The van der Waals surface area contributed by atoms with Gasteiger partial charge in [-0.3, -0.25) is 9.69 Å². The molecule has 1 aliphatic rings. The Morgan fingerprint density at radius 3 is 2.65 bits per heavy atom. The first-order chi connectivity index (χ1) is 15.1. The van der Waals surface area contributed by atoms with Crippen LogP contribution in [0.25, 0.3) is 11.3 Å². The summed E-state index contributed by atoms with van der Waals surface area (Å²) in [4.78, 5) is 19.0. The van der Waals surface area contributed by atoms with Gasteiger partial charge < -0.3 is 14.2 Å². The molecule has 31 heavy (non-hydrogen) atoms. The highest BCUT2D eigenvalue weighted by atomic mass is 32.2. The summed E-state index contributed by atoms with van der Waals surface area (Å²) in [6.07, 6.45) is -0.846. The number of carbonyl (C=O) groups is 1. The van der Waals surface area contributed by atoms with Crippen LogP contribution in [0.1, 0.15) is 25.6 Å². The highest BCUT2D eigenvalue weighted by Crippen LogP contribution is 2.46. The van der Waals surface area contributed by atoms with Gasteiger partial charge in [-0.05, 0) is 24.0 Å². The van der Waals surface area contributed by atoms with E-state index in [4.69, 9.17) is 14.2 Å². The van der Waals surface area contributed by atoms with Crippen LogP contribution in [-0.2, 0) is 4.79 Å². The molecule has 2 heterocycles. The number of hydrogen-bond acceptors (Lipinski definition) is 8. The number of benzene rings is 2. The second-order valence-electron chi connectivity index (χ2n) is 6.64.